The van der Waals surface area contributed by atoms with Crippen LogP contribution in [-0.2, 0) is 12.6 Å². The van der Waals surface area contributed by atoms with Crippen molar-refractivity contribution in [3.8, 4) is 11.1 Å². The van der Waals surface area contributed by atoms with Gasteiger partial charge in [0.2, 0.25) is 5.95 Å². The quantitative estimate of drug-likeness (QED) is 0.157. The van der Waals surface area contributed by atoms with Crippen molar-refractivity contribution in [3.05, 3.63) is 120 Å². The molecule has 0 atom stereocenters. The molecule has 0 fully saturated rings. The third kappa shape index (κ3) is 8.49. The van der Waals surface area contributed by atoms with Crippen molar-refractivity contribution >= 4 is 17.9 Å². The predicted molar refractivity (Wildman–Crippen MR) is 150 cm³/mol. The number of aromatic nitrogens is 2. The Balaban J connectivity index is 1.69. The summed E-state index contributed by atoms with van der Waals surface area (Å²) >= 11 is 0. The van der Waals surface area contributed by atoms with Crippen LogP contribution in [0.2, 0.25) is 0 Å². The molecule has 0 saturated carbocycles. The molecule has 1 heterocycles. The van der Waals surface area contributed by atoms with Gasteiger partial charge in [-0.15, -0.1) is 0 Å². The van der Waals surface area contributed by atoms with Gasteiger partial charge in [0.1, 0.15) is 5.82 Å². The minimum Gasteiger partial charge on any atom is -0.359 e. The second-order valence-electron chi connectivity index (χ2n) is 8.58. The van der Waals surface area contributed by atoms with E-state index in [2.05, 4.69) is 32.2 Å². The van der Waals surface area contributed by atoms with Gasteiger partial charge in [-0.25, -0.2) is 14.4 Å². The van der Waals surface area contributed by atoms with Crippen molar-refractivity contribution in [3.63, 3.8) is 0 Å². The molecule has 0 unspecified atom stereocenters. The monoisotopic (exact) mass is 535 g/mol. The van der Waals surface area contributed by atoms with Gasteiger partial charge in [0.25, 0.3) is 0 Å². The summed E-state index contributed by atoms with van der Waals surface area (Å²) < 4.78 is 53.8. The average molecular weight is 536 g/mol. The lowest BCUT2D eigenvalue weighted by Crippen LogP contribution is -2.07. The van der Waals surface area contributed by atoms with E-state index < -0.39 is 17.6 Å². The summed E-state index contributed by atoms with van der Waals surface area (Å²) in [5, 5.41) is 5.96. The van der Waals surface area contributed by atoms with Crippen molar-refractivity contribution in [2.24, 2.45) is 4.99 Å². The Kier molecular flexibility index (Phi) is 9.92. The summed E-state index contributed by atoms with van der Waals surface area (Å²) in [6.45, 7) is 7.70. The minimum absolute atomic E-state index is 0.0949. The molecular formula is C30H29F4N5. The van der Waals surface area contributed by atoms with Crippen molar-refractivity contribution in [2.45, 2.75) is 26.4 Å². The zero-order valence-electron chi connectivity index (χ0n) is 21.9. The summed E-state index contributed by atoms with van der Waals surface area (Å²) in [5.74, 6) is -0.115. The van der Waals surface area contributed by atoms with Crippen LogP contribution in [0.3, 0.4) is 0 Å². The van der Waals surface area contributed by atoms with Gasteiger partial charge in [0.15, 0.2) is 0 Å². The fourth-order valence-corrected chi connectivity index (χ4v) is 3.55. The number of hydrogen-bond donors (Lipinski definition) is 2. The van der Waals surface area contributed by atoms with Gasteiger partial charge in [-0.3, -0.25) is 4.99 Å². The van der Waals surface area contributed by atoms with Crippen molar-refractivity contribution in [2.75, 3.05) is 17.7 Å². The lowest BCUT2D eigenvalue weighted by atomic mass is 10.0. The van der Waals surface area contributed by atoms with Crippen LogP contribution in [0.15, 0.2) is 108 Å². The highest BCUT2D eigenvalue weighted by Gasteiger charge is 2.30. The number of alkyl halides is 3. The second kappa shape index (κ2) is 13.3. The first-order valence-corrected chi connectivity index (χ1v) is 12.0. The average Bonchev–Trinajstić information content (AvgIpc) is 2.90. The lowest BCUT2D eigenvalue weighted by Gasteiger charge is -2.13. The Bertz CT molecular complexity index is 1420. The van der Waals surface area contributed by atoms with Gasteiger partial charge in [0.05, 0.1) is 11.3 Å². The molecule has 39 heavy (non-hydrogen) atoms. The number of nitrogens with one attached hydrogen (secondary N) is 2. The molecule has 1 aromatic heterocycles. The zero-order valence-corrected chi connectivity index (χ0v) is 21.9. The number of anilines is 2. The molecule has 9 heteroatoms. The summed E-state index contributed by atoms with van der Waals surface area (Å²) in [7, 11) is 1.67. The van der Waals surface area contributed by atoms with Crippen LogP contribution in [-0.4, -0.2) is 23.2 Å². The maximum Gasteiger partial charge on any atom is 0.416 e. The number of nitrogens with zero attached hydrogens (tertiary/aromatic N) is 3. The fraction of sp³-hybridized carbons (Fsp3) is 0.167. The van der Waals surface area contributed by atoms with E-state index in [9.17, 15) is 17.6 Å². The lowest BCUT2D eigenvalue weighted by molar-refractivity contribution is -0.137. The Labute approximate surface area is 225 Å². The maximum atomic E-state index is 14.9. The number of allylic oxidation sites excluding steroid dienone is 7. The number of benzene rings is 2. The molecule has 2 N–H and O–H groups in total. The van der Waals surface area contributed by atoms with E-state index >= 15 is 0 Å². The molecular weight excluding hydrogens is 506 g/mol. The van der Waals surface area contributed by atoms with Crippen molar-refractivity contribution < 1.29 is 17.6 Å². The van der Waals surface area contributed by atoms with Crippen LogP contribution < -0.4 is 10.6 Å². The summed E-state index contributed by atoms with van der Waals surface area (Å²) in [5.41, 5.74) is 3.02. The standard InChI is InChI=1S/C30H29F4N5/c1-5-6-7-9-20(2)28(19-35-4)39-29-36-17-24(18-37-29)22-12-13-23(27(31)15-22)14-21(3)38-26-11-8-10-25(16-26)30(32,33)34/h5-13,15-19,38H,3,14H2,1-2,4H3,(H,36,37,39)/b6-5-,9-7-,28-20-,35-19?. The van der Waals surface area contributed by atoms with E-state index in [4.69, 9.17) is 0 Å². The predicted octanol–water partition coefficient (Wildman–Crippen LogP) is 7.99. The number of hydrogen-bond acceptors (Lipinski definition) is 5. The summed E-state index contributed by atoms with van der Waals surface area (Å²) in [6, 6.07) is 9.46. The van der Waals surface area contributed by atoms with E-state index in [0.717, 1.165) is 23.4 Å². The van der Waals surface area contributed by atoms with Gasteiger partial charge in [-0.2, -0.15) is 13.2 Å². The van der Waals surface area contributed by atoms with E-state index in [0.29, 0.717) is 28.3 Å². The first-order valence-electron chi connectivity index (χ1n) is 12.0. The number of aliphatic imine (C=N–C) groups is 1. The van der Waals surface area contributed by atoms with Crippen LogP contribution in [0.1, 0.15) is 25.0 Å². The SMILES string of the molecule is C=C(Cc1ccc(-c2cnc(N\C(C=NC)=C(C)/C=C\C=C/C)nc2)cc1F)Nc1cccc(C(F)(F)F)c1. The van der Waals surface area contributed by atoms with Gasteiger partial charge in [-0.1, -0.05) is 49.1 Å². The highest BCUT2D eigenvalue weighted by atomic mass is 19.4. The molecule has 0 bridgehead atoms. The fourth-order valence-electron chi connectivity index (χ4n) is 3.55. The Morgan fingerprint density at radius 1 is 1.03 bits per heavy atom. The maximum absolute atomic E-state index is 14.9. The summed E-state index contributed by atoms with van der Waals surface area (Å²) in [4.78, 5) is 12.8. The van der Waals surface area contributed by atoms with Crippen molar-refractivity contribution in [1.29, 1.82) is 0 Å². The van der Waals surface area contributed by atoms with Gasteiger partial charge < -0.3 is 10.6 Å². The highest BCUT2D eigenvalue weighted by Crippen LogP contribution is 2.31. The van der Waals surface area contributed by atoms with E-state index in [1.807, 2.05) is 38.2 Å². The minimum atomic E-state index is -4.45. The molecule has 0 aliphatic rings. The van der Waals surface area contributed by atoms with Gasteiger partial charge in [-0.05, 0) is 54.8 Å². The largest absolute Gasteiger partial charge is 0.416 e. The second-order valence-corrected chi connectivity index (χ2v) is 8.58. The number of halogens is 4. The molecule has 0 spiro atoms. The normalized spacial score (nSPS) is 12.8. The molecule has 3 aromatic rings. The molecule has 0 aliphatic carbocycles. The Morgan fingerprint density at radius 3 is 2.41 bits per heavy atom. The number of rotatable bonds is 10. The van der Waals surface area contributed by atoms with Crippen LogP contribution in [0.5, 0.6) is 0 Å². The third-order valence-electron chi connectivity index (χ3n) is 5.53. The van der Waals surface area contributed by atoms with Gasteiger partial charge in [0, 0.05) is 49.0 Å². The summed E-state index contributed by atoms with van der Waals surface area (Å²) in [6.07, 6.45) is 8.19. The van der Waals surface area contributed by atoms with Crippen LogP contribution in [0.4, 0.5) is 29.2 Å². The van der Waals surface area contributed by atoms with Crippen molar-refractivity contribution in [1.82, 2.24) is 9.97 Å². The smallest absolute Gasteiger partial charge is 0.359 e. The van der Waals surface area contributed by atoms with E-state index in [1.54, 1.807) is 37.8 Å². The molecule has 0 amide bonds. The molecule has 0 radical (unpaired) electrons. The van der Waals surface area contributed by atoms with Crippen LogP contribution in [0.25, 0.3) is 11.1 Å². The molecule has 5 nitrogen and oxygen atoms in total. The molecule has 2 aromatic carbocycles. The van der Waals surface area contributed by atoms with E-state index in [1.165, 1.54) is 18.2 Å². The molecule has 202 valence electrons. The topological polar surface area (TPSA) is 62.2 Å². The first kappa shape index (κ1) is 29.0. The van der Waals surface area contributed by atoms with E-state index in [-0.39, 0.29) is 12.1 Å². The highest BCUT2D eigenvalue weighted by molar-refractivity contribution is 5.84. The molecule has 3 rings (SSSR count). The molecule has 0 aliphatic heterocycles. The molecule has 0 saturated heterocycles. The Hall–Kier alpha value is -4.53. The first-order chi connectivity index (χ1) is 18.6. The van der Waals surface area contributed by atoms with Gasteiger partial charge >= 0.3 is 6.18 Å². The third-order valence-corrected chi connectivity index (χ3v) is 5.53. The zero-order chi connectivity index (χ0) is 28.4. The van der Waals surface area contributed by atoms with Crippen LogP contribution >= 0.6 is 0 Å². The Morgan fingerprint density at radius 2 is 1.77 bits per heavy atom. The van der Waals surface area contributed by atoms with Crippen LogP contribution in [0, 0.1) is 5.82 Å².